The maximum absolute atomic E-state index is 14.5. The second kappa shape index (κ2) is 10.7. The van der Waals surface area contributed by atoms with Gasteiger partial charge in [0.15, 0.2) is 5.75 Å². The molecular formula is C20H29FN4O7S. The molecule has 0 bridgehead atoms. The van der Waals surface area contributed by atoms with E-state index in [2.05, 4.69) is 4.72 Å². The van der Waals surface area contributed by atoms with Gasteiger partial charge in [0.2, 0.25) is 15.9 Å². The molecule has 1 aromatic carbocycles. The van der Waals surface area contributed by atoms with Crippen LogP contribution in [0.25, 0.3) is 0 Å². The quantitative estimate of drug-likeness (QED) is 0.496. The van der Waals surface area contributed by atoms with Gasteiger partial charge in [0.1, 0.15) is 23.4 Å². The number of likely N-dealkylation sites (tertiary alicyclic amines) is 1. The van der Waals surface area contributed by atoms with E-state index >= 15 is 0 Å². The molecule has 33 heavy (non-hydrogen) atoms. The number of benzene rings is 1. The number of morpholine rings is 1. The van der Waals surface area contributed by atoms with Crippen molar-refractivity contribution in [3.63, 3.8) is 0 Å². The number of rotatable bonds is 8. The number of ether oxygens (including phenoxy) is 3. The first-order chi connectivity index (χ1) is 15.7. The van der Waals surface area contributed by atoms with Gasteiger partial charge in [-0.2, -0.15) is 4.72 Å². The Kier molecular flexibility index (Phi) is 8.23. The second-order valence-corrected chi connectivity index (χ2v) is 9.41. The van der Waals surface area contributed by atoms with Gasteiger partial charge in [0.25, 0.3) is 5.91 Å². The molecule has 0 radical (unpaired) electrons. The molecule has 2 amide bonds. The molecule has 0 unspecified atom stereocenters. The summed E-state index contributed by atoms with van der Waals surface area (Å²) < 4.78 is 58.8. The molecule has 1 atom stereocenters. The number of anilines is 1. The summed E-state index contributed by atoms with van der Waals surface area (Å²) in [5.41, 5.74) is 5.67. The predicted molar refractivity (Wildman–Crippen MR) is 116 cm³/mol. The van der Waals surface area contributed by atoms with Crippen molar-refractivity contribution in [1.82, 2.24) is 9.62 Å². The predicted octanol–water partition coefficient (Wildman–Crippen LogP) is -0.559. The number of nitrogens with one attached hydrogen (secondary N) is 1. The third-order valence-electron chi connectivity index (χ3n) is 5.69. The van der Waals surface area contributed by atoms with Gasteiger partial charge >= 0.3 is 0 Å². The molecule has 13 heteroatoms. The number of piperidine rings is 1. The first-order valence-corrected chi connectivity index (χ1v) is 12.0. The zero-order valence-corrected chi connectivity index (χ0v) is 19.4. The van der Waals surface area contributed by atoms with Crippen LogP contribution >= 0.6 is 0 Å². The SMILES string of the molecule is COc1c(N2CCOCC2=O)cc(F)cc1S(=O)(=O)N[C@@H](CN)C(=O)N1CCC(OC)CC1. The summed E-state index contributed by atoms with van der Waals surface area (Å²) in [6.07, 6.45) is 1.29. The molecule has 2 aliphatic rings. The van der Waals surface area contributed by atoms with Crippen LogP contribution in [0.5, 0.6) is 5.75 Å². The minimum atomic E-state index is -4.45. The first kappa shape index (κ1) is 25.3. The Hall–Kier alpha value is -2.32. The molecular weight excluding hydrogens is 459 g/mol. The molecule has 184 valence electrons. The average molecular weight is 489 g/mol. The number of hydrogen-bond donors (Lipinski definition) is 2. The lowest BCUT2D eigenvalue weighted by molar-refractivity contribution is -0.135. The fourth-order valence-electron chi connectivity index (χ4n) is 3.92. The number of carbonyl (C=O) groups excluding carboxylic acids is 2. The van der Waals surface area contributed by atoms with E-state index in [1.165, 1.54) is 16.9 Å². The average Bonchev–Trinajstić information content (AvgIpc) is 2.82. The summed E-state index contributed by atoms with van der Waals surface area (Å²) in [5, 5.41) is 0. The number of sulfonamides is 1. The van der Waals surface area contributed by atoms with Crippen LogP contribution < -0.4 is 20.1 Å². The first-order valence-electron chi connectivity index (χ1n) is 10.5. The number of nitrogens with zero attached hydrogens (tertiary/aromatic N) is 2. The zero-order valence-electron chi connectivity index (χ0n) is 18.6. The maximum atomic E-state index is 14.5. The number of carbonyl (C=O) groups is 2. The van der Waals surface area contributed by atoms with Crippen molar-refractivity contribution in [2.24, 2.45) is 5.73 Å². The number of nitrogens with two attached hydrogens (primary N) is 1. The zero-order chi connectivity index (χ0) is 24.2. The molecule has 1 aromatic rings. The Bertz CT molecular complexity index is 983. The number of methoxy groups -OCH3 is 2. The largest absolute Gasteiger partial charge is 0.493 e. The van der Waals surface area contributed by atoms with Gasteiger partial charge in [-0.25, -0.2) is 12.8 Å². The molecule has 0 aliphatic carbocycles. The molecule has 3 N–H and O–H groups in total. The van der Waals surface area contributed by atoms with E-state index < -0.39 is 38.6 Å². The Morgan fingerprint density at radius 1 is 1.30 bits per heavy atom. The molecule has 11 nitrogen and oxygen atoms in total. The summed E-state index contributed by atoms with van der Waals surface area (Å²) in [5.74, 6) is -2.04. The van der Waals surface area contributed by atoms with Gasteiger partial charge < -0.3 is 29.7 Å². The third-order valence-corrected chi connectivity index (χ3v) is 7.17. The molecule has 2 aliphatic heterocycles. The highest BCUT2D eigenvalue weighted by Crippen LogP contribution is 2.36. The minimum Gasteiger partial charge on any atom is -0.493 e. The van der Waals surface area contributed by atoms with Crippen LogP contribution in [0, 0.1) is 5.82 Å². The van der Waals surface area contributed by atoms with Gasteiger partial charge in [0, 0.05) is 39.4 Å². The minimum absolute atomic E-state index is 0.0385. The highest BCUT2D eigenvalue weighted by atomic mass is 32.2. The fraction of sp³-hybridized carbons (Fsp3) is 0.600. The lowest BCUT2D eigenvalue weighted by atomic mass is 10.1. The third kappa shape index (κ3) is 5.61. The van der Waals surface area contributed by atoms with Gasteiger partial charge in [-0.15, -0.1) is 0 Å². The molecule has 3 rings (SSSR count). The molecule has 2 heterocycles. The van der Waals surface area contributed by atoms with Gasteiger partial charge in [0.05, 0.1) is 25.5 Å². The standard InChI is InChI=1S/C20H29FN4O7S/c1-30-14-3-5-24(6-4-14)20(27)15(11-22)23-33(28,29)17-10-13(21)9-16(19(17)31-2)25-7-8-32-12-18(25)26/h9-10,14-15,23H,3-8,11-12,22H2,1-2H3/t15-/m0/s1. The second-order valence-electron chi connectivity index (χ2n) is 7.72. The topological polar surface area (TPSA) is 140 Å². The van der Waals surface area contributed by atoms with Crippen molar-refractivity contribution in [3.8, 4) is 5.75 Å². The highest BCUT2D eigenvalue weighted by molar-refractivity contribution is 7.89. The van der Waals surface area contributed by atoms with Crippen LogP contribution in [0.3, 0.4) is 0 Å². The van der Waals surface area contributed by atoms with Crippen LogP contribution in [-0.4, -0.2) is 90.9 Å². The van der Waals surface area contributed by atoms with Crippen molar-refractivity contribution in [2.75, 3.05) is 58.5 Å². The Balaban J connectivity index is 1.88. The molecule has 2 saturated heterocycles. The summed E-state index contributed by atoms with van der Waals surface area (Å²) >= 11 is 0. The summed E-state index contributed by atoms with van der Waals surface area (Å²) in [7, 11) is -1.64. The molecule has 2 fully saturated rings. The summed E-state index contributed by atoms with van der Waals surface area (Å²) in [6, 6.07) is 0.542. The number of hydrogen-bond acceptors (Lipinski definition) is 8. The Labute approximate surface area is 192 Å². The van der Waals surface area contributed by atoms with Crippen LogP contribution in [0.1, 0.15) is 12.8 Å². The van der Waals surface area contributed by atoms with E-state index in [1.807, 2.05) is 0 Å². The number of halogens is 1. The normalized spacial score (nSPS) is 19.0. The van der Waals surface area contributed by atoms with E-state index in [9.17, 15) is 22.4 Å². The lowest BCUT2D eigenvalue weighted by Gasteiger charge is -2.33. The van der Waals surface area contributed by atoms with E-state index in [0.29, 0.717) is 25.9 Å². The van der Waals surface area contributed by atoms with Gasteiger partial charge in [-0.3, -0.25) is 9.59 Å². The van der Waals surface area contributed by atoms with Crippen LogP contribution in [0.4, 0.5) is 10.1 Å². The van der Waals surface area contributed by atoms with Crippen molar-refractivity contribution < 1.29 is 36.6 Å². The van der Waals surface area contributed by atoms with E-state index in [1.54, 1.807) is 7.11 Å². The Morgan fingerprint density at radius 3 is 2.58 bits per heavy atom. The lowest BCUT2D eigenvalue weighted by Crippen LogP contribution is -2.54. The van der Waals surface area contributed by atoms with Crippen LogP contribution in [0.2, 0.25) is 0 Å². The summed E-state index contributed by atoms with van der Waals surface area (Å²) in [6.45, 7) is 0.602. The Morgan fingerprint density at radius 2 is 2.00 bits per heavy atom. The maximum Gasteiger partial charge on any atom is 0.253 e. The highest BCUT2D eigenvalue weighted by Gasteiger charge is 2.34. The van der Waals surface area contributed by atoms with E-state index in [4.69, 9.17) is 19.9 Å². The number of amides is 2. The molecule has 0 spiro atoms. The van der Waals surface area contributed by atoms with Crippen molar-refractivity contribution in [2.45, 2.75) is 29.9 Å². The molecule has 0 saturated carbocycles. The van der Waals surface area contributed by atoms with Crippen molar-refractivity contribution >= 4 is 27.5 Å². The smallest absolute Gasteiger partial charge is 0.253 e. The summed E-state index contributed by atoms with van der Waals surface area (Å²) in [4.78, 5) is 27.4. The van der Waals surface area contributed by atoms with E-state index in [0.717, 1.165) is 12.1 Å². The van der Waals surface area contributed by atoms with Crippen molar-refractivity contribution in [3.05, 3.63) is 17.9 Å². The fourth-order valence-corrected chi connectivity index (χ4v) is 5.31. The van der Waals surface area contributed by atoms with Crippen LogP contribution in [0.15, 0.2) is 17.0 Å². The monoisotopic (exact) mass is 488 g/mol. The van der Waals surface area contributed by atoms with Crippen LogP contribution in [-0.2, 0) is 29.1 Å². The van der Waals surface area contributed by atoms with E-state index in [-0.39, 0.29) is 43.8 Å². The van der Waals surface area contributed by atoms with Gasteiger partial charge in [-0.1, -0.05) is 0 Å². The van der Waals surface area contributed by atoms with Gasteiger partial charge in [-0.05, 0) is 18.9 Å². The van der Waals surface area contributed by atoms with Crippen molar-refractivity contribution in [1.29, 1.82) is 0 Å². The molecule has 0 aromatic heterocycles.